The van der Waals surface area contributed by atoms with Crippen molar-refractivity contribution >= 4 is 41.5 Å². The van der Waals surface area contributed by atoms with Crippen LogP contribution in [0.15, 0.2) is 29.3 Å². The van der Waals surface area contributed by atoms with Crippen molar-refractivity contribution < 1.29 is 39.0 Å². The largest absolute Gasteiger partial charge is 0.508 e. The molecule has 17 nitrogen and oxygen atoms in total. The first-order valence-electron chi connectivity index (χ1n) is 14.1. The molecule has 1 aromatic carbocycles. The van der Waals surface area contributed by atoms with Crippen molar-refractivity contribution in [3.05, 3.63) is 29.8 Å². The van der Waals surface area contributed by atoms with Gasteiger partial charge in [0.1, 0.15) is 29.9 Å². The van der Waals surface area contributed by atoms with Crippen LogP contribution in [0.3, 0.4) is 0 Å². The van der Waals surface area contributed by atoms with E-state index >= 15 is 0 Å². The number of rotatable bonds is 12. The van der Waals surface area contributed by atoms with E-state index in [2.05, 4.69) is 31.6 Å². The summed E-state index contributed by atoms with van der Waals surface area (Å²) in [6.07, 6.45) is 0.582. The van der Waals surface area contributed by atoms with Gasteiger partial charge in [-0.15, -0.1) is 0 Å². The summed E-state index contributed by atoms with van der Waals surface area (Å²) in [6.45, 7) is -0.136. The maximum absolute atomic E-state index is 13.6. The number of unbranched alkanes of at least 4 members (excludes halogenated alkanes) is 1. The average Bonchev–Trinajstić information content (AvgIpc) is 2.96. The first-order chi connectivity index (χ1) is 20.9. The van der Waals surface area contributed by atoms with Crippen LogP contribution in [-0.4, -0.2) is 95.5 Å². The SMILES string of the molecule is NCCCC[C@@H]1NC(=O)[C@H](Cc2ccc(O)cc2)NC(=O)[C@H](CC(=O)O)NC(=O)CNC(=O)[C@H](CCCN=C(N)N)NC1=O. The van der Waals surface area contributed by atoms with Crippen LogP contribution in [0.2, 0.25) is 0 Å². The monoisotopic (exact) mass is 619 g/mol. The third kappa shape index (κ3) is 12.5. The average molecular weight is 620 g/mol. The van der Waals surface area contributed by atoms with Gasteiger partial charge in [0.25, 0.3) is 0 Å². The summed E-state index contributed by atoms with van der Waals surface area (Å²) >= 11 is 0. The molecule has 44 heavy (non-hydrogen) atoms. The van der Waals surface area contributed by atoms with Crippen molar-refractivity contribution in [1.29, 1.82) is 0 Å². The second-order valence-corrected chi connectivity index (χ2v) is 10.2. The number of aromatic hydroxyl groups is 1. The molecule has 4 atom stereocenters. The molecule has 5 amide bonds. The molecular formula is C27H41N9O8. The molecule has 0 aliphatic carbocycles. The minimum atomic E-state index is -1.59. The van der Waals surface area contributed by atoms with Crippen LogP contribution in [0.25, 0.3) is 0 Å². The number of amides is 5. The molecule has 0 radical (unpaired) electrons. The molecule has 2 rings (SSSR count). The molecule has 17 heteroatoms. The van der Waals surface area contributed by atoms with Crippen molar-refractivity contribution in [3.63, 3.8) is 0 Å². The van der Waals surface area contributed by atoms with E-state index in [0.29, 0.717) is 24.9 Å². The number of hydrogen-bond acceptors (Lipinski definition) is 9. The minimum Gasteiger partial charge on any atom is -0.508 e. The Morgan fingerprint density at radius 1 is 0.795 bits per heavy atom. The zero-order valence-corrected chi connectivity index (χ0v) is 24.2. The number of carbonyl (C=O) groups is 6. The van der Waals surface area contributed by atoms with E-state index < -0.39 is 72.6 Å². The van der Waals surface area contributed by atoms with Crippen molar-refractivity contribution in [2.45, 2.75) is 69.1 Å². The zero-order valence-electron chi connectivity index (χ0n) is 24.2. The lowest BCUT2D eigenvalue weighted by molar-refractivity contribution is -0.141. The number of carboxylic acids is 1. The number of guanidine groups is 1. The summed E-state index contributed by atoms with van der Waals surface area (Å²) in [5.74, 6) is -5.62. The number of phenols is 1. The van der Waals surface area contributed by atoms with E-state index in [-0.39, 0.29) is 43.9 Å². The Bertz CT molecular complexity index is 1200. The molecular weight excluding hydrogens is 578 g/mol. The van der Waals surface area contributed by atoms with Gasteiger partial charge in [-0.2, -0.15) is 0 Å². The van der Waals surface area contributed by atoms with E-state index in [1.54, 1.807) is 0 Å². The van der Waals surface area contributed by atoms with E-state index in [9.17, 15) is 39.0 Å². The zero-order chi connectivity index (χ0) is 32.6. The fraction of sp³-hybridized carbons (Fsp3) is 0.519. The van der Waals surface area contributed by atoms with Crippen molar-refractivity contribution in [2.75, 3.05) is 19.6 Å². The molecule has 1 aromatic rings. The van der Waals surface area contributed by atoms with Gasteiger partial charge in [0.05, 0.1) is 13.0 Å². The van der Waals surface area contributed by atoms with Crippen molar-refractivity contribution in [2.24, 2.45) is 22.2 Å². The van der Waals surface area contributed by atoms with Gasteiger partial charge in [-0.05, 0) is 56.3 Å². The number of hydrogen-bond donors (Lipinski definition) is 10. The fourth-order valence-corrected chi connectivity index (χ4v) is 4.35. The molecule has 0 unspecified atom stereocenters. The molecule has 1 fully saturated rings. The maximum atomic E-state index is 13.6. The van der Waals surface area contributed by atoms with Gasteiger partial charge < -0.3 is 54.0 Å². The predicted octanol–water partition coefficient (Wildman–Crippen LogP) is -3.34. The molecule has 1 saturated heterocycles. The van der Waals surface area contributed by atoms with Gasteiger partial charge in [0.2, 0.25) is 29.5 Å². The van der Waals surface area contributed by atoms with Crippen LogP contribution in [0.5, 0.6) is 5.75 Å². The third-order valence-electron chi connectivity index (χ3n) is 6.62. The highest BCUT2D eigenvalue weighted by Gasteiger charge is 2.33. The van der Waals surface area contributed by atoms with Crippen molar-refractivity contribution in [3.8, 4) is 5.75 Å². The molecule has 1 aliphatic rings. The Morgan fingerprint density at radius 3 is 1.98 bits per heavy atom. The minimum absolute atomic E-state index is 0.0267. The van der Waals surface area contributed by atoms with E-state index in [1.165, 1.54) is 24.3 Å². The Balaban J connectivity index is 2.45. The summed E-state index contributed by atoms with van der Waals surface area (Å²) < 4.78 is 0. The van der Waals surface area contributed by atoms with Crippen LogP contribution >= 0.6 is 0 Å². The van der Waals surface area contributed by atoms with Gasteiger partial charge in [-0.3, -0.25) is 33.8 Å². The Labute approximate surface area is 253 Å². The summed E-state index contributed by atoms with van der Waals surface area (Å²) in [6, 6.07) is 0.627. The van der Waals surface area contributed by atoms with Crippen LogP contribution < -0.4 is 43.8 Å². The summed E-state index contributed by atoms with van der Waals surface area (Å²) in [4.78, 5) is 81.2. The number of phenolic OH excluding ortho intramolecular Hbond substituents is 1. The maximum Gasteiger partial charge on any atom is 0.305 e. The summed E-state index contributed by atoms with van der Waals surface area (Å²) in [5.41, 5.74) is 16.8. The second kappa shape index (κ2) is 17.9. The number of aliphatic carboxylic acids is 1. The highest BCUT2D eigenvalue weighted by Crippen LogP contribution is 2.13. The Kier molecular flexibility index (Phi) is 14.3. The fourth-order valence-electron chi connectivity index (χ4n) is 4.35. The van der Waals surface area contributed by atoms with Gasteiger partial charge in [-0.25, -0.2) is 0 Å². The number of carbonyl (C=O) groups excluding carboxylic acids is 5. The van der Waals surface area contributed by atoms with Gasteiger partial charge in [-0.1, -0.05) is 12.1 Å². The number of carboxylic acid groups (broad SMARTS) is 1. The van der Waals surface area contributed by atoms with Gasteiger partial charge in [0, 0.05) is 13.0 Å². The van der Waals surface area contributed by atoms with Crippen LogP contribution in [0.4, 0.5) is 0 Å². The first kappa shape index (κ1) is 35.3. The smallest absolute Gasteiger partial charge is 0.305 e. The van der Waals surface area contributed by atoms with E-state index in [1.807, 2.05) is 0 Å². The van der Waals surface area contributed by atoms with E-state index in [0.717, 1.165) is 0 Å². The molecule has 0 aromatic heterocycles. The van der Waals surface area contributed by atoms with E-state index in [4.69, 9.17) is 17.2 Å². The lowest BCUT2D eigenvalue weighted by Crippen LogP contribution is -2.58. The summed E-state index contributed by atoms with van der Waals surface area (Å²) in [7, 11) is 0. The van der Waals surface area contributed by atoms with Crippen LogP contribution in [0.1, 0.15) is 44.1 Å². The summed E-state index contributed by atoms with van der Waals surface area (Å²) in [5, 5.41) is 31.4. The molecule has 0 spiro atoms. The lowest BCUT2D eigenvalue weighted by Gasteiger charge is -2.26. The molecule has 1 aliphatic heterocycles. The molecule has 1 heterocycles. The van der Waals surface area contributed by atoms with Crippen LogP contribution in [0, 0.1) is 0 Å². The number of nitrogens with one attached hydrogen (secondary N) is 5. The lowest BCUT2D eigenvalue weighted by atomic mass is 10.0. The second-order valence-electron chi connectivity index (χ2n) is 10.2. The number of nitrogens with two attached hydrogens (primary N) is 3. The normalized spacial score (nSPS) is 21.8. The number of benzene rings is 1. The molecule has 0 saturated carbocycles. The quantitative estimate of drug-likeness (QED) is 0.0626. The highest BCUT2D eigenvalue weighted by atomic mass is 16.4. The predicted molar refractivity (Wildman–Crippen MR) is 158 cm³/mol. The molecule has 242 valence electrons. The first-order valence-corrected chi connectivity index (χ1v) is 14.1. The number of aliphatic imine (C=N–C) groups is 1. The standard InChI is InChI=1S/C27H41N9O8/c28-10-2-1-4-18-24(42)34-17(5-3-11-31-27(29)30)23(41)32-14-21(38)33-20(13-22(39)40)26(44)36-19(25(43)35-18)12-15-6-8-16(37)9-7-15/h6-9,17-20,37H,1-5,10-14,28H2,(H,32,41)(H,33,38)(H,34,42)(H,35,43)(H,36,44)(H,39,40)(H4,29,30,31)/t17-,18-,19-,20-/m0/s1. The molecule has 0 bridgehead atoms. The third-order valence-corrected chi connectivity index (χ3v) is 6.62. The van der Waals surface area contributed by atoms with Crippen molar-refractivity contribution in [1.82, 2.24) is 26.6 Å². The van der Waals surface area contributed by atoms with Crippen LogP contribution in [-0.2, 0) is 35.2 Å². The topological polar surface area (TPSA) is 293 Å². The molecule has 13 N–H and O–H groups in total. The Morgan fingerprint density at radius 2 is 1.36 bits per heavy atom. The van der Waals surface area contributed by atoms with Gasteiger partial charge >= 0.3 is 5.97 Å². The van der Waals surface area contributed by atoms with Gasteiger partial charge in [0.15, 0.2) is 5.96 Å². The Hall–Kier alpha value is -4.93. The highest BCUT2D eigenvalue weighted by molar-refractivity contribution is 5.98. The number of nitrogens with zero attached hydrogens (tertiary/aromatic N) is 1.